The number of carbonyl (C=O) groups is 1. The third-order valence-electron chi connectivity index (χ3n) is 2.34. The third kappa shape index (κ3) is 2.85. The average molecular weight is 206 g/mol. The summed E-state index contributed by atoms with van der Waals surface area (Å²) < 4.78 is 5.23. The largest absolute Gasteiger partial charge is 0.381 e. The van der Waals surface area contributed by atoms with Crippen molar-refractivity contribution in [2.24, 2.45) is 0 Å². The summed E-state index contributed by atoms with van der Waals surface area (Å²) in [6, 6.07) is 0.437. The van der Waals surface area contributed by atoms with E-state index in [1.54, 1.807) is 4.90 Å². The predicted molar refractivity (Wildman–Crippen MR) is 52.1 cm³/mol. The zero-order chi connectivity index (χ0) is 9.84. The quantitative estimate of drug-likeness (QED) is 0.511. The SMILES string of the molecule is CC(C)N(C(=O)Cl)C1CCOCC1. The molecular formula is C9H16ClNO2. The van der Waals surface area contributed by atoms with Gasteiger partial charge in [0.05, 0.1) is 0 Å². The molecule has 0 aliphatic carbocycles. The molecule has 1 rings (SSSR count). The van der Waals surface area contributed by atoms with Crippen LogP contribution in [0.4, 0.5) is 4.79 Å². The number of rotatable bonds is 2. The molecule has 0 atom stereocenters. The van der Waals surface area contributed by atoms with Crippen LogP contribution in [0.2, 0.25) is 0 Å². The number of amides is 1. The molecular weight excluding hydrogens is 190 g/mol. The highest BCUT2D eigenvalue weighted by molar-refractivity contribution is 6.62. The van der Waals surface area contributed by atoms with Crippen LogP contribution in [-0.2, 0) is 4.74 Å². The molecule has 0 aromatic heterocycles. The summed E-state index contributed by atoms with van der Waals surface area (Å²) in [5, 5.41) is -0.345. The average Bonchev–Trinajstić information content (AvgIpc) is 2.04. The zero-order valence-corrected chi connectivity index (χ0v) is 8.88. The van der Waals surface area contributed by atoms with Crippen LogP contribution in [0.1, 0.15) is 26.7 Å². The molecule has 3 nitrogen and oxygen atoms in total. The summed E-state index contributed by atoms with van der Waals surface area (Å²) in [4.78, 5) is 12.9. The van der Waals surface area contributed by atoms with Gasteiger partial charge in [-0.15, -0.1) is 0 Å². The van der Waals surface area contributed by atoms with Crippen LogP contribution < -0.4 is 0 Å². The molecule has 0 spiro atoms. The highest BCUT2D eigenvalue weighted by Crippen LogP contribution is 2.18. The lowest BCUT2D eigenvalue weighted by Gasteiger charge is -2.35. The van der Waals surface area contributed by atoms with Gasteiger partial charge in [-0.25, -0.2) is 0 Å². The first kappa shape index (κ1) is 10.8. The Hall–Kier alpha value is -0.280. The van der Waals surface area contributed by atoms with Crippen LogP contribution in [0.25, 0.3) is 0 Å². The molecule has 1 aliphatic rings. The molecule has 1 saturated heterocycles. The first-order chi connectivity index (χ1) is 6.13. The van der Waals surface area contributed by atoms with Crippen molar-refractivity contribution in [3.05, 3.63) is 0 Å². The number of halogens is 1. The van der Waals surface area contributed by atoms with Crippen LogP contribution >= 0.6 is 11.6 Å². The van der Waals surface area contributed by atoms with E-state index in [-0.39, 0.29) is 17.5 Å². The van der Waals surface area contributed by atoms with E-state index in [2.05, 4.69) is 0 Å². The van der Waals surface area contributed by atoms with Gasteiger partial charge in [0.1, 0.15) is 0 Å². The Labute approximate surface area is 84.0 Å². The molecule has 1 aliphatic heterocycles. The van der Waals surface area contributed by atoms with Crippen molar-refractivity contribution in [2.75, 3.05) is 13.2 Å². The van der Waals surface area contributed by atoms with Crippen molar-refractivity contribution in [1.29, 1.82) is 0 Å². The van der Waals surface area contributed by atoms with Crippen molar-refractivity contribution >= 4 is 17.0 Å². The highest BCUT2D eigenvalue weighted by atomic mass is 35.5. The zero-order valence-electron chi connectivity index (χ0n) is 8.12. The fourth-order valence-electron chi connectivity index (χ4n) is 1.73. The molecule has 0 saturated carbocycles. The van der Waals surface area contributed by atoms with Crippen LogP contribution in [0.15, 0.2) is 0 Å². The fraction of sp³-hybridized carbons (Fsp3) is 0.889. The summed E-state index contributed by atoms with van der Waals surface area (Å²) in [6.45, 7) is 5.43. The Morgan fingerprint density at radius 2 is 2.00 bits per heavy atom. The maximum Gasteiger partial charge on any atom is 0.316 e. The first-order valence-electron chi connectivity index (χ1n) is 4.68. The summed E-state index contributed by atoms with van der Waals surface area (Å²) >= 11 is 5.52. The van der Waals surface area contributed by atoms with Crippen LogP contribution in [0, 0.1) is 0 Å². The Morgan fingerprint density at radius 1 is 1.46 bits per heavy atom. The van der Waals surface area contributed by atoms with E-state index in [0.717, 1.165) is 26.1 Å². The van der Waals surface area contributed by atoms with Crippen molar-refractivity contribution < 1.29 is 9.53 Å². The van der Waals surface area contributed by atoms with Gasteiger partial charge < -0.3 is 9.64 Å². The smallest absolute Gasteiger partial charge is 0.316 e. The molecule has 76 valence electrons. The minimum Gasteiger partial charge on any atom is -0.381 e. The van der Waals surface area contributed by atoms with Gasteiger partial charge in [0.2, 0.25) is 0 Å². The van der Waals surface area contributed by atoms with Gasteiger partial charge in [-0.2, -0.15) is 0 Å². The Balaban J connectivity index is 2.57. The molecule has 0 aromatic carbocycles. The number of carbonyl (C=O) groups excluding carboxylic acids is 1. The second kappa shape index (κ2) is 4.82. The lowest BCUT2D eigenvalue weighted by atomic mass is 10.1. The summed E-state index contributed by atoms with van der Waals surface area (Å²) in [6.07, 6.45) is 1.80. The molecule has 0 unspecified atom stereocenters. The van der Waals surface area contributed by atoms with Crippen molar-refractivity contribution in [1.82, 2.24) is 4.90 Å². The Bertz CT molecular complexity index is 178. The van der Waals surface area contributed by atoms with E-state index in [0.29, 0.717) is 0 Å². The maximum absolute atomic E-state index is 11.1. The minimum absolute atomic E-state index is 0.174. The van der Waals surface area contributed by atoms with Crippen molar-refractivity contribution in [3.63, 3.8) is 0 Å². The number of nitrogens with zero attached hydrogens (tertiary/aromatic N) is 1. The van der Waals surface area contributed by atoms with Gasteiger partial charge in [0.15, 0.2) is 0 Å². The lowest BCUT2D eigenvalue weighted by molar-refractivity contribution is 0.0421. The molecule has 1 fully saturated rings. The maximum atomic E-state index is 11.1. The third-order valence-corrected chi connectivity index (χ3v) is 2.54. The van der Waals surface area contributed by atoms with Crippen LogP contribution in [0.5, 0.6) is 0 Å². The van der Waals surface area contributed by atoms with E-state index >= 15 is 0 Å². The number of hydrogen-bond acceptors (Lipinski definition) is 2. The molecule has 0 aromatic rings. The summed E-state index contributed by atoms with van der Waals surface area (Å²) in [7, 11) is 0. The fourth-order valence-corrected chi connectivity index (χ4v) is 2.06. The predicted octanol–water partition coefficient (Wildman–Crippen LogP) is 2.23. The Morgan fingerprint density at radius 3 is 2.38 bits per heavy atom. The van der Waals surface area contributed by atoms with Gasteiger partial charge >= 0.3 is 5.37 Å². The topological polar surface area (TPSA) is 29.5 Å². The van der Waals surface area contributed by atoms with Gasteiger partial charge in [0, 0.05) is 25.3 Å². The van der Waals surface area contributed by atoms with E-state index < -0.39 is 0 Å². The lowest BCUT2D eigenvalue weighted by Crippen LogP contribution is -2.44. The standard InChI is InChI=1S/C9H16ClNO2/c1-7(2)11(9(10)12)8-3-5-13-6-4-8/h7-8H,3-6H2,1-2H3. The van der Waals surface area contributed by atoms with Crippen molar-refractivity contribution in [3.8, 4) is 0 Å². The molecule has 0 N–H and O–H groups in total. The second-order valence-corrected chi connectivity index (χ2v) is 3.92. The van der Waals surface area contributed by atoms with Crippen LogP contribution in [-0.4, -0.2) is 35.6 Å². The van der Waals surface area contributed by atoms with Gasteiger partial charge in [-0.05, 0) is 38.3 Å². The van der Waals surface area contributed by atoms with E-state index in [1.807, 2.05) is 13.8 Å². The van der Waals surface area contributed by atoms with E-state index in [1.165, 1.54) is 0 Å². The molecule has 0 radical (unpaired) electrons. The normalized spacial score (nSPS) is 19.1. The van der Waals surface area contributed by atoms with E-state index in [9.17, 15) is 4.79 Å². The summed E-state index contributed by atoms with van der Waals surface area (Å²) in [5.41, 5.74) is 0. The molecule has 4 heteroatoms. The molecule has 13 heavy (non-hydrogen) atoms. The first-order valence-corrected chi connectivity index (χ1v) is 5.06. The summed E-state index contributed by atoms with van der Waals surface area (Å²) in [5.74, 6) is 0. The number of ether oxygens (including phenoxy) is 1. The monoisotopic (exact) mass is 205 g/mol. The Kier molecular flexibility index (Phi) is 4.00. The van der Waals surface area contributed by atoms with Crippen molar-refractivity contribution in [2.45, 2.75) is 38.8 Å². The van der Waals surface area contributed by atoms with Gasteiger partial charge in [-0.3, -0.25) is 4.79 Å². The molecule has 1 amide bonds. The number of hydrogen-bond donors (Lipinski definition) is 0. The highest BCUT2D eigenvalue weighted by Gasteiger charge is 2.26. The van der Waals surface area contributed by atoms with E-state index in [4.69, 9.17) is 16.3 Å². The second-order valence-electron chi connectivity index (χ2n) is 3.60. The van der Waals surface area contributed by atoms with Crippen LogP contribution in [0.3, 0.4) is 0 Å². The van der Waals surface area contributed by atoms with Gasteiger partial charge in [-0.1, -0.05) is 0 Å². The molecule has 0 bridgehead atoms. The minimum atomic E-state index is -0.345. The van der Waals surface area contributed by atoms with Gasteiger partial charge in [0.25, 0.3) is 0 Å². The molecule has 1 heterocycles.